The normalized spacial score (nSPS) is 13.2. The molecule has 340 valence electrons. The highest BCUT2D eigenvalue weighted by molar-refractivity contribution is 7.26. The highest BCUT2D eigenvalue weighted by atomic mass is 32.1. The molecule has 0 atom stereocenters. The number of benzene rings is 11. The molecule has 4 heterocycles. The number of anilines is 5. The fourth-order valence-corrected chi connectivity index (χ4v) is 13.3. The zero-order valence-corrected chi connectivity index (χ0v) is 41.3. The summed E-state index contributed by atoms with van der Waals surface area (Å²) < 4.78 is 9.51. The number of thiophene rings is 1. The predicted octanol–water partition coefficient (Wildman–Crippen LogP) is 17.9. The van der Waals surface area contributed by atoms with Crippen LogP contribution in [0.15, 0.2) is 217 Å². The Morgan fingerprint density at radius 1 is 0.458 bits per heavy atom. The molecule has 5 heteroatoms. The van der Waals surface area contributed by atoms with Crippen LogP contribution in [0.1, 0.15) is 31.9 Å². The van der Waals surface area contributed by atoms with Crippen LogP contribution < -0.4 is 20.6 Å². The van der Waals surface area contributed by atoms with E-state index in [0.29, 0.717) is 0 Å². The molecule has 2 aromatic heterocycles. The summed E-state index contributed by atoms with van der Waals surface area (Å²) in [5, 5.41) is 9.71. The molecule has 0 radical (unpaired) electrons. The second-order valence-corrected chi connectivity index (χ2v) is 22.0. The molecule has 0 bridgehead atoms. The van der Waals surface area contributed by atoms with Crippen molar-refractivity contribution in [2.45, 2.75) is 33.1 Å². The molecule has 2 aliphatic rings. The van der Waals surface area contributed by atoms with E-state index in [4.69, 9.17) is 4.42 Å². The Hall–Kier alpha value is -8.38. The van der Waals surface area contributed by atoms with Crippen molar-refractivity contribution in [1.82, 2.24) is 0 Å². The summed E-state index contributed by atoms with van der Waals surface area (Å²) >= 11 is 1.90. The molecule has 3 nitrogen and oxygen atoms in total. The summed E-state index contributed by atoms with van der Waals surface area (Å²) in [4.78, 5) is 5.29. The lowest BCUT2D eigenvalue weighted by molar-refractivity contribution is 0.590. The quantitative estimate of drug-likeness (QED) is 0.164. The number of aryl methyl sites for hydroxylation is 1. The molecule has 0 aliphatic carbocycles. The Labute approximate surface area is 422 Å². The number of rotatable bonds is 4. The molecular weight excluding hydrogens is 892 g/mol. The van der Waals surface area contributed by atoms with Gasteiger partial charge in [0.1, 0.15) is 11.2 Å². The Bertz CT molecular complexity index is 4390. The second-order valence-electron chi connectivity index (χ2n) is 21.0. The smallest absolute Gasteiger partial charge is 0.333 e. The highest BCUT2D eigenvalue weighted by Gasteiger charge is 2.47. The van der Waals surface area contributed by atoms with E-state index in [9.17, 15) is 0 Å². The largest absolute Gasteiger partial charge is 0.456 e. The minimum Gasteiger partial charge on any atom is -0.456 e. The Kier molecular flexibility index (Phi) is 8.81. The second kappa shape index (κ2) is 15.3. The topological polar surface area (TPSA) is 19.6 Å². The molecule has 72 heavy (non-hydrogen) atoms. The molecule has 13 aromatic rings. The zero-order chi connectivity index (χ0) is 48.0. The van der Waals surface area contributed by atoms with Gasteiger partial charge in [0.05, 0.1) is 11.4 Å². The maximum absolute atomic E-state index is 6.94. The molecule has 11 aromatic carbocycles. The van der Waals surface area contributed by atoms with Crippen molar-refractivity contribution in [1.29, 1.82) is 0 Å². The third-order valence-electron chi connectivity index (χ3n) is 15.5. The van der Waals surface area contributed by atoms with Crippen molar-refractivity contribution >= 4 is 121 Å². The molecule has 0 saturated heterocycles. The number of hydrogen-bond acceptors (Lipinski definition) is 4. The summed E-state index contributed by atoms with van der Waals surface area (Å²) in [6.45, 7) is 9.05. The van der Waals surface area contributed by atoms with E-state index in [1.807, 2.05) is 11.3 Å². The average Bonchev–Trinajstić information content (AvgIpc) is 3.95. The number of furan rings is 1. The lowest BCUT2D eigenvalue weighted by Crippen LogP contribution is -2.61. The van der Waals surface area contributed by atoms with Gasteiger partial charge in [0.25, 0.3) is 0 Å². The lowest BCUT2D eigenvalue weighted by Gasteiger charge is -2.46. The minimum absolute atomic E-state index is 0.0531. The lowest BCUT2D eigenvalue weighted by atomic mass is 9.43. The van der Waals surface area contributed by atoms with Gasteiger partial charge in [-0.15, -0.1) is 11.3 Å². The van der Waals surface area contributed by atoms with Crippen molar-refractivity contribution in [3.05, 3.63) is 223 Å². The van der Waals surface area contributed by atoms with Gasteiger partial charge in [-0.3, -0.25) is 0 Å². The van der Waals surface area contributed by atoms with Crippen LogP contribution in [-0.2, 0) is 5.41 Å². The third-order valence-corrected chi connectivity index (χ3v) is 16.7. The van der Waals surface area contributed by atoms with E-state index in [1.54, 1.807) is 0 Å². The molecule has 2 aliphatic heterocycles. The molecule has 0 saturated carbocycles. The van der Waals surface area contributed by atoms with Crippen molar-refractivity contribution in [2.75, 3.05) is 9.71 Å². The zero-order valence-electron chi connectivity index (χ0n) is 40.5. The summed E-state index contributed by atoms with van der Waals surface area (Å²) in [6, 6.07) is 79.5. The summed E-state index contributed by atoms with van der Waals surface area (Å²) in [6.07, 6.45) is 0. The van der Waals surface area contributed by atoms with Crippen LogP contribution in [0.3, 0.4) is 0 Å². The van der Waals surface area contributed by atoms with Gasteiger partial charge in [-0.05, 0) is 145 Å². The molecule has 0 unspecified atom stereocenters. The van der Waals surface area contributed by atoms with E-state index in [-0.39, 0.29) is 12.3 Å². The van der Waals surface area contributed by atoms with E-state index < -0.39 is 0 Å². The standard InChI is InChI=1S/C67H47BN2OS/c1-40-31-54-51-38-53-52-33-44-19-11-13-21-46(44)35-60(52)71-61(53)39-58(51)70(49-26-23-42(24-27-49)41-15-7-5-8-16-41)68-56-28-30-62-64(55-34-45-20-12-14-22-47(45)36-63(55)72-62)66(56)69(59(32-40)65(54)68)57-29-25-48(67(2,3)4)37-50(57)43-17-9-6-10-18-43/h5-39H,1-4H3. The van der Waals surface area contributed by atoms with Crippen LogP contribution in [-0.4, -0.2) is 6.85 Å². The Morgan fingerprint density at radius 3 is 1.81 bits per heavy atom. The molecule has 0 fully saturated rings. The molecule has 0 amide bonds. The minimum atomic E-state index is -0.185. The van der Waals surface area contributed by atoms with Crippen molar-refractivity contribution < 1.29 is 4.42 Å². The monoisotopic (exact) mass is 938 g/mol. The highest BCUT2D eigenvalue weighted by Crippen LogP contribution is 2.54. The van der Waals surface area contributed by atoms with Gasteiger partial charge >= 0.3 is 6.85 Å². The van der Waals surface area contributed by atoms with E-state index in [1.165, 1.54) is 114 Å². The van der Waals surface area contributed by atoms with Crippen molar-refractivity contribution in [3.63, 3.8) is 0 Å². The average molecular weight is 939 g/mol. The van der Waals surface area contributed by atoms with Crippen molar-refractivity contribution in [2.24, 2.45) is 0 Å². The summed E-state index contributed by atoms with van der Waals surface area (Å²) in [7, 11) is 0. The van der Waals surface area contributed by atoms with Gasteiger partial charge < -0.3 is 14.1 Å². The number of nitrogens with zero attached hydrogens (tertiary/aromatic N) is 2. The van der Waals surface area contributed by atoms with Crippen LogP contribution in [0.5, 0.6) is 0 Å². The first-order valence-corrected chi connectivity index (χ1v) is 25.9. The first-order valence-electron chi connectivity index (χ1n) is 25.1. The van der Waals surface area contributed by atoms with Gasteiger partial charge in [-0.25, -0.2) is 0 Å². The first-order chi connectivity index (χ1) is 35.2. The van der Waals surface area contributed by atoms with Gasteiger partial charge in [0.15, 0.2) is 0 Å². The van der Waals surface area contributed by atoms with Crippen molar-refractivity contribution in [3.8, 4) is 33.4 Å². The maximum atomic E-state index is 6.94. The fourth-order valence-electron chi connectivity index (χ4n) is 12.1. The van der Waals surface area contributed by atoms with Gasteiger partial charge in [0, 0.05) is 65.2 Å². The molecular formula is C67H47BN2OS. The molecule has 15 rings (SSSR count). The van der Waals surface area contributed by atoms with E-state index >= 15 is 0 Å². The first kappa shape index (κ1) is 41.4. The van der Waals surface area contributed by atoms with Gasteiger partial charge in [0.2, 0.25) is 0 Å². The Morgan fingerprint density at radius 2 is 1.08 bits per heavy atom. The number of hydrogen-bond donors (Lipinski definition) is 0. The van der Waals surface area contributed by atoms with Crippen LogP contribution in [0.2, 0.25) is 0 Å². The maximum Gasteiger partial charge on any atom is 0.333 e. The summed E-state index contributed by atoms with van der Waals surface area (Å²) in [5.41, 5.74) is 19.9. The van der Waals surface area contributed by atoms with Crippen LogP contribution in [0.25, 0.3) is 97.0 Å². The van der Waals surface area contributed by atoms with Gasteiger partial charge in [-0.2, -0.15) is 0 Å². The summed E-state index contributed by atoms with van der Waals surface area (Å²) in [5.74, 6) is 0. The Balaban J connectivity index is 1.08. The fraction of sp³-hybridized carbons (Fsp3) is 0.0746. The predicted molar refractivity (Wildman–Crippen MR) is 310 cm³/mol. The molecule has 0 spiro atoms. The third kappa shape index (κ3) is 6.17. The van der Waals surface area contributed by atoms with Crippen LogP contribution in [0, 0.1) is 6.92 Å². The van der Waals surface area contributed by atoms with Crippen LogP contribution >= 0.6 is 11.3 Å². The van der Waals surface area contributed by atoms with Gasteiger partial charge in [-0.1, -0.05) is 160 Å². The van der Waals surface area contributed by atoms with E-state index in [2.05, 4.69) is 250 Å². The molecule has 0 N–H and O–H groups in total. The SMILES string of the molecule is Cc1cc2c3c(c1)N(c1ccc(C(C)(C)C)cc1-c1ccccc1)c1c(ccc4sc5cc6ccccc6cc5c14)B3N(c1ccc(-c3ccccc3)cc1)c1cc3oc4cc5ccccc5cc4c3cc1-2. The van der Waals surface area contributed by atoms with E-state index in [0.717, 1.165) is 33.3 Å². The number of fused-ring (bicyclic) bond motifs is 13. The van der Waals surface area contributed by atoms with Crippen LogP contribution in [0.4, 0.5) is 28.4 Å².